The van der Waals surface area contributed by atoms with Gasteiger partial charge in [0.1, 0.15) is 18.1 Å². The molecule has 5 nitrogen and oxygen atoms in total. The highest BCUT2D eigenvalue weighted by Crippen LogP contribution is 2.14. The maximum absolute atomic E-state index is 5.57. The zero-order valence-electron chi connectivity index (χ0n) is 11.2. The normalized spacial score (nSPS) is 11.1. The maximum Gasteiger partial charge on any atom is 0.130 e. The van der Waals surface area contributed by atoms with E-state index in [4.69, 9.17) is 24.4 Å². The third-order valence-electron chi connectivity index (χ3n) is 2.54. The van der Waals surface area contributed by atoms with Crippen LogP contribution in [0, 0.1) is 6.92 Å². The number of aryl methyl sites for hydroxylation is 1. The molecule has 1 rings (SSSR count). The zero-order valence-corrected chi connectivity index (χ0v) is 11.2. The Morgan fingerprint density at radius 1 is 1.17 bits per heavy atom. The van der Waals surface area contributed by atoms with Crippen LogP contribution in [0.5, 0.6) is 0 Å². The molecule has 18 heavy (non-hydrogen) atoms. The Kier molecular flexibility index (Phi) is 7.68. The fraction of sp³-hybridized carbons (Fsp3) is 0.692. The number of hydrogen-bond donors (Lipinski definition) is 1. The summed E-state index contributed by atoms with van der Waals surface area (Å²) in [7, 11) is 1.68. The van der Waals surface area contributed by atoms with Gasteiger partial charge in [-0.1, -0.05) is 0 Å². The number of nitrogens with two attached hydrogens (primary N) is 1. The van der Waals surface area contributed by atoms with E-state index in [1.807, 2.05) is 13.0 Å². The molecule has 1 heterocycles. The fourth-order valence-electron chi connectivity index (χ4n) is 1.56. The Balaban J connectivity index is 2.03. The van der Waals surface area contributed by atoms with Gasteiger partial charge in [0, 0.05) is 32.4 Å². The van der Waals surface area contributed by atoms with Gasteiger partial charge >= 0.3 is 0 Å². The number of ether oxygens (including phenoxy) is 3. The summed E-state index contributed by atoms with van der Waals surface area (Å²) in [6.07, 6.45) is 0.910. The largest absolute Gasteiger partial charge is 0.464 e. The maximum atomic E-state index is 5.57. The monoisotopic (exact) mass is 257 g/mol. The first-order chi connectivity index (χ1) is 8.77. The number of furan rings is 1. The molecule has 0 amide bonds. The smallest absolute Gasteiger partial charge is 0.130 e. The number of methoxy groups -OCH3 is 1. The lowest BCUT2D eigenvalue weighted by Gasteiger charge is -2.04. The van der Waals surface area contributed by atoms with Crippen molar-refractivity contribution in [2.24, 2.45) is 5.73 Å². The van der Waals surface area contributed by atoms with Gasteiger partial charge in [0.05, 0.1) is 13.2 Å². The lowest BCUT2D eigenvalue weighted by Crippen LogP contribution is -2.06. The van der Waals surface area contributed by atoms with Crippen molar-refractivity contribution >= 4 is 0 Å². The van der Waals surface area contributed by atoms with Crippen molar-refractivity contribution in [1.82, 2.24) is 0 Å². The molecule has 0 aliphatic rings. The summed E-state index contributed by atoms with van der Waals surface area (Å²) in [6, 6.07) is 1.94. The van der Waals surface area contributed by atoms with E-state index in [2.05, 4.69) is 0 Å². The minimum absolute atomic E-state index is 0.461. The van der Waals surface area contributed by atoms with E-state index in [0.717, 1.165) is 30.1 Å². The molecule has 0 bridgehead atoms. The van der Waals surface area contributed by atoms with Crippen LogP contribution in [-0.4, -0.2) is 33.5 Å². The first kappa shape index (κ1) is 15.2. The molecule has 0 spiro atoms. The van der Waals surface area contributed by atoms with Crippen LogP contribution < -0.4 is 5.73 Å². The number of rotatable bonds is 10. The second kappa shape index (κ2) is 9.10. The molecule has 1 aromatic rings. The second-order valence-electron chi connectivity index (χ2n) is 4.01. The van der Waals surface area contributed by atoms with E-state index >= 15 is 0 Å². The molecule has 104 valence electrons. The molecule has 0 aliphatic heterocycles. The van der Waals surface area contributed by atoms with Crippen LogP contribution >= 0.6 is 0 Å². The summed E-state index contributed by atoms with van der Waals surface area (Å²) >= 11 is 0. The summed E-state index contributed by atoms with van der Waals surface area (Å²) in [5.41, 5.74) is 6.60. The lowest BCUT2D eigenvalue weighted by molar-refractivity contribution is 0.0285. The van der Waals surface area contributed by atoms with Gasteiger partial charge in [0.2, 0.25) is 0 Å². The van der Waals surface area contributed by atoms with Crippen LogP contribution in [0.15, 0.2) is 10.5 Å². The van der Waals surface area contributed by atoms with Crippen molar-refractivity contribution in [2.75, 3.05) is 33.5 Å². The third kappa shape index (κ3) is 5.64. The van der Waals surface area contributed by atoms with Crippen LogP contribution in [0.1, 0.15) is 23.5 Å². The SMILES string of the molecule is COCCCOCCOCc1cc(CN)c(C)o1. The van der Waals surface area contributed by atoms with E-state index in [0.29, 0.717) is 33.0 Å². The van der Waals surface area contributed by atoms with E-state index in [-0.39, 0.29) is 0 Å². The quantitative estimate of drug-likeness (QED) is 0.645. The zero-order chi connectivity index (χ0) is 13.2. The van der Waals surface area contributed by atoms with Crippen molar-refractivity contribution < 1.29 is 18.6 Å². The minimum Gasteiger partial charge on any atom is -0.464 e. The van der Waals surface area contributed by atoms with Gasteiger partial charge < -0.3 is 24.4 Å². The van der Waals surface area contributed by atoms with E-state index in [1.54, 1.807) is 7.11 Å². The summed E-state index contributed by atoms with van der Waals surface area (Å²) in [6.45, 7) is 5.45. The predicted octanol–water partition coefficient (Wildman–Crippen LogP) is 1.62. The molecule has 0 aliphatic carbocycles. The average Bonchev–Trinajstić information content (AvgIpc) is 2.73. The average molecular weight is 257 g/mol. The van der Waals surface area contributed by atoms with Crippen molar-refractivity contribution in [3.05, 3.63) is 23.2 Å². The summed E-state index contributed by atoms with van der Waals surface area (Å²) in [5, 5.41) is 0. The Morgan fingerprint density at radius 3 is 2.61 bits per heavy atom. The van der Waals surface area contributed by atoms with E-state index in [9.17, 15) is 0 Å². The Labute approximate surface area is 108 Å². The first-order valence-electron chi connectivity index (χ1n) is 6.20. The van der Waals surface area contributed by atoms with Crippen LogP contribution in [0.3, 0.4) is 0 Å². The first-order valence-corrected chi connectivity index (χ1v) is 6.20. The topological polar surface area (TPSA) is 66.8 Å². The number of hydrogen-bond acceptors (Lipinski definition) is 5. The second-order valence-corrected chi connectivity index (χ2v) is 4.01. The molecule has 0 aromatic carbocycles. The van der Waals surface area contributed by atoms with Gasteiger partial charge in [0.15, 0.2) is 0 Å². The Hall–Kier alpha value is -0.880. The van der Waals surface area contributed by atoms with Crippen molar-refractivity contribution in [2.45, 2.75) is 26.5 Å². The molecule has 1 aromatic heterocycles. The van der Waals surface area contributed by atoms with Gasteiger partial charge in [-0.3, -0.25) is 0 Å². The molecule has 0 saturated heterocycles. The highest BCUT2D eigenvalue weighted by Gasteiger charge is 2.05. The van der Waals surface area contributed by atoms with Gasteiger partial charge in [-0.25, -0.2) is 0 Å². The molecule has 0 saturated carbocycles. The molecule has 0 fully saturated rings. The molecular weight excluding hydrogens is 234 g/mol. The van der Waals surface area contributed by atoms with E-state index < -0.39 is 0 Å². The van der Waals surface area contributed by atoms with Crippen LogP contribution in [0.25, 0.3) is 0 Å². The summed E-state index contributed by atoms with van der Waals surface area (Å²) in [4.78, 5) is 0. The molecule has 0 atom stereocenters. The van der Waals surface area contributed by atoms with Gasteiger partial charge in [-0.05, 0) is 19.4 Å². The minimum atomic E-state index is 0.461. The van der Waals surface area contributed by atoms with Crippen LogP contribution in [0.4, 0.5) is 0 Å². The lowest BCUT2D eigenvalue weighted by atomic mass is 10.2. The molecule has 0 radical (unpaired) electrons. The highest BCUT2D eigenvalue weighted by molar-refractivity contribution is 5.19. The van der Waals surface area contributed by atoms with Crippen molar-refractivity contribution in [1.29, 1.82) is 0 Å². The standard InChI is InChI=1S/C13H23NO4/c1-11-12(9-14)8-13(18-11)10-17-7-6-16-5-3-4-15-2/h8H,3-7,9-10,14H2,1-2H3. The fourth-order valence-corrected chi connectivity index (χ4v) is 1.56. The summed E-state index contributed by atoms with van der Waals surface area (Å²) in [5.74, 6) is 1.68. The predicted molar refractivity (Wildman–Crippen MR) is 68.3 cm³/mol. The molecule has 5 heteroatoms. The van der Waals surface area contributed by atoms with E-state index in [1.165, 1.54) is 0 Å². The Bertz CT molecular complexity index is 325. The van der Waals surface area contributed by atoms with Crippen LogP contribution in [0.2, 0.25) is 0 Å². The molecular formula is C13H23NO4. The van der Waals surface area contributed by atoms with Crippen molar-refractivity contribution in [3.8, 4) is 0 Å². The van der Waals surface area contributed by atoms with Gasteiger partial charge in [-0.2, -0.15) is 0 Å². The van der Waals surface area contributed by atoms with Gasteiger partial charge in [-0.15, -0.1) is 0 Å². The Morgan fingerprint density at radius 2 is 1.94 bits per heavy atom. The van der Waals surface area contributed by atoms with Crippen LogP contribution in [-0.2, 0) is 27.4 Å². The summed E-state index contributed by atoms with van der Waals surface area (Å²) < 4.78 is 21.2. The van der Waals surface area contributed by atoms with Gasteiger partial charge in [0.25, 0.3) is 0 Å². The molecule has 2 N–H and O–H groups in total. The highest BCUT2D eigenvalue weighted by atomic mass is 16.5. The van der Waals surface area contributed by atoms with Crippen molar-refractivity contribution in [3.63, 3.8) is 0 Å². The molecule has 0 unspecified atom stereocenters. The third-order valence-corrected chi connectivity index (χ3v) is 2.54.